The van der Waals surface area contributed by atoms with Crippen molar-refractivity contribution in [2.24, 2.45) is 5.41 Å². The monoisotopic (exact) mass is 207 g/mol. The third kappa shape index (κ3) is 1.89. The van der Waals surface area contributed by atoms with Gasteiger partial charge < -0.3 is 0 Å². The highest BCUT2D eigenvalue weighted by Gasteiger charge is 2.53. The van der Waals surface area contributed by atoms with Gasteiger partial charge in [-0.3, -0.25) is 4.21 Å². The van der Waals surface area contributed by atoms with Crippen LogP contribution in [0.4, 0.5) is 4.39 Å². The van der Waals surface area contributed by atoms with E-state index in [0.717, 1.165) is 0 Å². The van der Waals surface area contributed by atoms with E-state index >= 15 is 0 Å². The van der Waals surface area contributed by atoms with Crippen molar-refractivity contribution in [3.8, 4) is 0 Å². The maximum atomic E-state index is 14.0. The Kier molecular flexibility index (Phi) is 2.28. The Morgan fingerprint density at radius 2 is 1.85 bits per heavy atom. The Morgan fingerprint density at radius 3 is 2.08 bits per heavy atom. The van der Waals surface area contributed by atoms with Crippen LogP contribution in [0.25, 0.3) is 0 Å². The Hall–Kier alpha value is -0.0900. The molecule has 1 aliphatic rings. The molecule has 0 radical (unpaired) electrons. The zero-order valence-electron chi connectivity index (χ0n) is 8.76. The molecule has 0 aromatic rings. The maximum absolute atomic E-state index is 14.0. The van der Waals surface area contributed by atoms with Crippen LogP contribution >= 0.6 is 0 Å². The van der Waals surface area contributed by atoms with E-state index < -0.39 is 15.4 Å². The van der Waals surface area contributed by atoms with Gasteiger partial charge >= 0.3 is 0 Å². The van der Waals surface area contributed by atoms with Gasteiger partial charge in [0, 0.05) is 29.1 Å². The lowest BCUT2D eigenvalue weighted by Crippen LogP contribution is -2.66. The first-order valence-electron chi connectivity index (χ1n) is 4.32. The van der Waals surface area contributed by atoms with Gasteiger partial charge in [0.2, 0.25) is 0 Å². The van der Waals surface area contributed by atoms with E-state index in [2.05, 4.69) is 5.87 Å². The molecular formula is C9H18FNOS. The average molecular weight is 207 g/mol. The van der Waals surface area contributed by atoms with E-state index in [4.69, 9.17) is 0 Å². The first-order chi connectivity index (χ1) is 5.56. The van der Waals surface area contributed by atoms with Gasteiger partial charge in [-0.05, 0) is 11.3 Å². The van der Waals surface area contributed by atoms with Crippen LogP contribution in [-0.4, -0.2) is 39.4 Å². The quantitative estimate of drug-likeness (QED) is 0.594. The summed E-state index contributed by atoms with van der Waals surface area (Å²) in [4.78, 5) is 0. The lowest BCUT2D eigenvalue weighted by atomic mass is 9.74. The van der Waals surface area contributed by atoms with Crippen molar-refractivity contribution in [3.05, 3.63) is 0 Å². The van der Waals surface area contributed by atoms with E-state index in [1.165, 1.54) is 0 Å². The van der Waals surface area contributed by atoms with Gasteiger partial charge in [-0.15, -0.1) is 0 Å². The standard InChI is InChI=1S/C9H18FNOS/c1-8(2,3)9(10)6-11(7-9)13(4,5)12/h4,6-7H2,1-3,5H3. The number of halogens is 1. The molecule has 0 aromatic heterocycles. The maximum Gasteiger partial charge on any atom is 0.143 e. The molecule has 13 heavy (non-hydrogen) atoms. The number of hydrogen-bond donors (Lipinski definition) is 0. The zero-order chi connectivity index (χ0) is 10.5. The predicted molar refractivity (Wildman–Crippen MR) is 56.1 cm³/mol. The minimum Gasteiger partial charge on any atom is -0.253 e. The van der Waals surface area contributed by atoms with Crippen molar-refractivity contribution in [2.45, 2.75) is 26.4 Å². The van der Waals surface area contributed by atoms with Crippen molar-refractivity contribution >= 4 is 15.6 Å². The minimum absolute atomic E-state index is 0.245. The van der Waals surface area contributed by atoms with Crippen LogP contribution in [0.1, 0.15) is 20.8 Å². The van der Waals surface area contributed by atoms with Crippen molar-refractivity contribution in [1.29, 1.82) is 0 Å². The third-order valence-corrected chi connectivity index (χ3v) is 4.09. The molecule has 1 saturated heterocycles. The molecule has 0 N–H and O–H groups in total. The molecule has 1 fully saturated rings. The van der Waals surface area contributed by atoms with Crippen LogP contribution in [0.2, 0.25) is 0 Å². The van der Waals surface area contributed by atoms with Crippen LogP contribution in [-0.2, 0) is 9.71 Å². The summed E-state index contributed by atoms with van der Waals surface area (Å²) in [6, 6.07) is 0. The SMILES string of the molecule is C=S(C)(=O)N1CC(F)(C(C)(C)C)C1. The molecule has 0 aromatic carbocycles. The summed E-state index contributed by atoms with van der Waals surface area (Å²) in [5.74, 6) is 3.53. The largest absolute Gasteiger partial charge is 0.253 e. The molecule has 1 atom stereocenters. The zero-order valence-corrected chi connectivity index (χ0v) is 9.58. The van der Waals surface area contributed by atoms with Crippen LogP contribution < -0.4 is 0 Å². The smallest absolute Gasteiger partial charge is 0.143 e. The van der Waals surface area contributed by atoms with Crippen LogP contribution in [0.5, 0.6) is 0 Å². The highest BCUT2D eigenvalue weighted by atomic mass is 32.2. The van der Waals surface area contributed by atoms with Crippen LogP contribution in [0, 0.1) is 5.41 Å². The van der Waals surface area contributed by atoms with E-state index in [9.17, 15) is 8.60 Å². The molecule has 0 saturated carbocycles. The van der Waals surface area contributed by atoms with E-state index in [-0.39, 0.29) is 18.5 Å². The van der Waals surface area contributed by atoms with Crippen LogP contribution in [0.15, 0.2) is 0 Å². The fourth-order valence-corrected chi connectivity index (χ4v) is 2.22. The molecule has 0 bridgehead atoms. The summed E-state index contributed by atoms with van der Waals surface area (Å²) in [5, 5.41) is 0. The van der Waals surface area contributed by atoms with E-state index in [0.29, 0.717) is 0 Å². The Morgan fingerprint density at radius 1 is 1.46 bits per heavy atom. The van der Waals surface area contributed by atoms with E-state index in [1.54, 1.807) is 10.6 Å². The van der Waals surface area contributed by atoms with Gasteiger partial charge in [-0.25, -0.2) is 8.70 Å². The Bertz CT molecular complexity index is 296. The summed E-state index contributed by atoms with van der Waals surface area (Å²) < 4.78 is 27.0. The van der Waals surface area contributed by atoms with Gasteiger partial charge in [-0.2, -0.15) is 0 Å². The van der Waals surface area contributed by atoms with Gasteiger partial charge in [0.15, 0.2) is 0 Å². The second kappa shape index (κ2) is 2.70. The topological polar surface area (TPSA) is 20.3 Å². The second-order valence-corrected chi connectivity index (χ2v) is 7.41. The molecule has 1 unspecified atom stereocenters. The minimum atomic E-state index is -2.20. The normalized spacial score (nSPS) is 27.8. The summed E-state index contributed by atoms with van der Waals surface area (Å²) in [7, 11) is -2.20. The predicted octanol–water partition coefficient (Wildman–Crippen LogP) is 1.32. The molecule has 0 aliphatic carbocycles. The first-order valence-corrected chi connectivity index (χ1v) is 6.42. The number of nitrogens with zero attached hydrogens (tertiary/aromatic N) is 1. The van der Waals surface area contributed by atoms with Crippen molar-refractivity contribution in [3.63, 3.8) is 0 Å². The van der Waals surface area contributed by atoms with Gasteiger partial charge in [0.1, 0.15) is 5.67 Å². The highest BCUT2D eigenvalue weighted by Crippen LogP contribution is 2.42. The second-order valence-electron chi connectivity index (χ2n) is 4.97. The van der Waals surface area contributed by atoms with Gasteiger partial charge in [0.05, 0.1) is 0 Å². The van der Waals surface area contributed by atoms with Gasteiger partial charge in [0.25, 0.3) is 0 Å². The highest BCUT2D eigenvalue weighted by molar-refractivity contribution is 7.97. The summed E-state index contributed by atoms with van der Waals surface area (Å²) in [6.07, 6.45) is 1.55. The fourth-order valence-electron chi connectivity index (χ4n) is 1.26. The molecule has 0 amide bonds. The third-order valence-electron chi connectivity index (χ3n) is 2.74. The number of hydrogen-bond acceptors (Lipinski definition) is 1. The van der Waals surface area contributed by atoms with Gasteiger partial charge in [-0.1, -0.05) is 20.8 Å². The lowest BCUT2D eigenvalue weighted by molar-refractivity contribution is -0.0646. The Labute approximate surface area is 80.3 Å². The summed E-state index contributed by atoms with van der Waals surface area (Å²) >= 11 is 0. The summed E-state index contributed by atoms with van der Waals surface area (Å²) in [6.45, 7) is 6.09. The van der Waals surface area contributed by atoms with Crippen molar-refractivity contribution in [2.75, 3.05) is 19.3 Å². The molecule has 1 aliphatic heterocycles. The lowest BCUT2D eigenvalue weighted by Gasteiger charge is -2.51. The summed E-state index contributed by atoms with van der Waals surface area (Å²) in [5.41, 5.74) is -1.59. The van der Waals surface area contributed by atoms with Crippen LogP contribution in [0.3, 0.4) is 0 Å². The fraction of sp³-hybridized carbons (Fsp3) is 0.889. The molecule has 78 valence electrons. The van der Waals surface area contributed by atoms with Crippen molar-refractivity contribution < 1.29 is 8.60 Å². The Balaban J connectivity index is 2.69. The molecule has 0 spiro atoms. The number of alkyl halides is 1. The average Bonchev–Trinajstić information content (AvgIpc) is 1.75. The van der Waals surface area contributed by atoms with E-state index in [1.807, 2.05) is 20.8 Å². The molecule has 1 rings (SSSR count). The number of rotatable bonds is 1. The molecule has 1 heterocycles. The molecule has 4 heteroatoms. The van der Waals surface area contributed by atoms with Crippen molar-refractivity contribution in [1.82, 2.24) is 4.31 Å². The molecule has 2 nitrogen and oxygen atoms in total. The first kappa shape index (κ1) is 11.0. The molecular weight excluding hydrogens is 189 g/mol.